The molecule has 2 rings (SSSR count). The van der Waals surface area contributed by atoms with E-state index in [2.05, 4.69) is 29.6 Å². The van der Waals surface area contributed by atoms with Gasteiger partial charge in [0.2, 0.25) is 0 Å². The lowest BCUT2D eigenvalue weighted by Gasteiger charge is -2.09. The van der Waals surface area contributed by atoms with Crippen LogP contribution in [0.2, 0.25) is 0 Å². The van der Waals surface area contributed by atoms with Gasteiger partial charge in [-0.1, -0.05) is 56.3 Å². The summed E-state index contributed by atoms with van der Waals surface area (Å²) in [5, 5.41) is 14.5. The number of benzene rings is 2. The van der Waals surface area contributed by atoms with Crippen LogP contribution >= 0.6 is 0 Å². The fourth-order valence-corrected chi connectivity index (χ4v) is 2.09. The van der Waals surface area contributed by atoms with Gasteiger partial charge in [0.15, 0.2) is 0 Å². The van der Waals surface area contributed by atoms with E-state index in [1.807, 2.05) is 32.0 Å². The molecule has 0 radical (unpaired) electrons. The molecule has 0 bridgehead atoms. The predicted molar refractivity (Wildman–Crippen MR) is 81.3 cm³/mol. The molecule has 0 fully saturated rings. The minimum Gasteiger partial charge on any atom is -0.477 e. The second-order valence-corrected chi connectivity index (χ2v) is 5.16. The van der Waals surface area contributed by atoms with E-state index in [0.717, 1.165) is 10.9 Å². The predicted octanol–water partition coefficient (Wildman–Crippen LogP) is 3.55. The molecule has 2 aromatic carbocycles. The van der Waals surface area contributed by atoms with E-state index in [-0.39, 0.29) is 11.6 Å². The fourth-order valence-electron chi connectivity index (χ4n) is 2.09. The second kappa shape index (κ2) is 6.24. The molecule has 2 N–H and O–H groups in total. The number of nitrogens with one attached hydrogen (secondary N) is 1. The number of hydrogen-bond donors (Lipinski definition) is 2. The summed E-state index contributed by atoms with van der Waals surface area (Å²) < 4.78 is 0. The summed E-state index contributed by atoms with van der Waals surface area (Å²) in [5.74, 6) is -0.718. The van der Waals surface area contributed by atoms with Crippen molar-refractivity contribution in [3.05, 3.63) is 59.8 Å². The molecule has 0 spiro atoms. The molecule has 2 aromatic rings. The maximum Gasteiger partial charge on any atom is 0.351 e. The van der Waals surface area contributed by atoms with Crippen LogP contribution in [0.15, 0.2) is 54.2 Å². The van der Waals surface area contributed by atoms with Crippen molar-refractivity contribution < 1.29 is 9.90 Å². The van der Waals surface area contributed by atoms with Crippen molar-refractivity contribution in [3.8, 4) is 0 Å². The van der Waals surface area contributed by atoms with Crippen LogP contribution in [-0.4, -0.2) is 11.1 Å². The highest BCUT2D eigenvalue weighted by molar-refractivity contribution is 5.86. The average Bonchev–Trinajstić information content (AvgIpc) is 2.42. The summed E-state index contributed by atoms with van der Waals surface area (Å²) in [6.45, 7) is 4.43. The zero-order valence-corrected chi connectivity index (χ0v) is 11.8. The van der Waals surface area contributed by atoms with Gasteiger partial charge in [0.25, 0.3) is 0 Å². The van der Waals surface area contributed by atoms with Crippen molar-refractivity contribution in [1.82, 2.24) is 5.32 Å². The monoisotopic (exact) mass is 269 g/mol. The topological polar surface area (TPSA) is 49.3 Å². The average molecular weight is 269 g/mol. The third-order valence-electron chi connectivity index (χ3n) is 3.03. The number of hydrogen-bond acceptors (Lipinski definition) is 2. The number of fused-ring (bicyclic) bond motifs is 1. The summed E-state index contributed by atoms with van der Waals surface area (Å²) in [7, 11) is 0. The van der Waals surface area contributed by atoms with Crippen molar-refractivity contribution >= 4 is 16.7 Å². The van der Waals surface area contributed by atoms with Gasteiger partial charge in [0, 0.05) is 6.54 Å². The normalized spacial score (nSPS) is 11.8. The van der Waals surface area contributed by atoms with Gasteiger partial charge in [-0.05, 0) is 28.3 Å². The van der Waals surface area contributed by atoms with Gasteiger partial charge >= 0.3 is 5.97 Å². The molecule has 0 unspecified atom stereocenters. The Balaban J connectivity index is 2.13. The van der Waals surface area contributed by atoms with Gasteiger partial charge in [-0.2, -0.15) is 0 Å². The second-order valence-electron chi connectivity index (χ2n) is 5.16. The van der Waals surface area contributed by atoms with E-state index >= 15 is 0 Å². The Bertz CT molecular complexity index is 644. The Morgan fingerprint density at radius 3 is 2.55 bits per heavy atom. The zero-order chi connectivity index (χ0) is 14.5. The molecule has 20 heavy (non-hydrogen) atoms. The Kier molecular flexibility index (Phi) is 4.41. The molecule has 0 aliphatic carbocycles. The molecule has 0 amide bonds. The fraction of sp³-hybridized carbons (Fsp3) is 0.235. The molecule has 104 valence electrons. The Labute approximate surface area is 118 Å². The number of aliphatic carboxylic acids is 1. The molecule has 0 aromatic heterocycles. The lowest BCUT2D eigenvalue weighted by atomic mass is 10.1. The number of carboxylic acid groups (broad SMARTS) is 1. The Morgan fingerprint density at radius 1 is 1.20 bits per heavy atom. The van der Waals surface area contributed by atoms with Crippen molar-refractivity contribution in [2.75, 3.05) is 0 Å². The van der Waals surface area contributed by atoms with Crippen molar-refractivity contribution in [1.29, 1.82) is 0 Å². The third-order valence-corrected chi connectivity index (χ3v) is 3.03. The van der Waals surface area contributed by atoms with E-state index in [1.54, 1.807) is 6.08 Å². The Hall–Kier alpha value is -2.29. The van der Waals surface area contributed by atoms with Crippen LogP contribution < -0.4 is 5.32 Å². The molecular weight excluding hydrogens is 250 g/mol. The van der Waals surface area contributed by atoms with Crippen LogP contribution in [0.3, 0.4) is 0 Å². The first kappa shape index (κ1) is 14.1. The zero-order valence-electron chi connectivity index (χ0n) is 11.8. The van der Waals surface area contributed by atoms with Gasteiger partial charge in [-0.3, -0.25) is 0 Å². The lowest BCUT2D eigenvalue weighted by Crippen LogP contribution is -2.20. The summed E-state index contributed by atoms with van der Waals surface area (Å²) in [4.78, 5) is 11.1. The van der Waals surface area contributed by atoms with Crippen molar-refractivity contribution in [2.24, 2.45) is 5.92 Å². The van der Waals surface area contributed by atoms with Crippen LogP contribution in [0.1, 0.15) is 19.4 Å². The van der Waals surface area contributed by atoms with Gasteiger partial charge in [-0.25, -0.2) is 4.79 Å². The number of carboxylic acids is 1. The first-order chi connectivity index (χ1) is 9.56. The highest BCUT2D eigenvalue weighted by Gasteiger charge is 2.07. The number of allylic oxidation sites excluding steroid dienone is 1. The van der Waals surface area contributed by atoms with Gasteiger partial charge < -0.3 is 10.4 Å². The largest absolute Gasteiger partial charge is 0.477 e. The summed E-state index contributed by atoms with van der Waals surface area (Å²) >= 11 is 0. The van der Waals surface area contributed by atoms with E-state index in [9.17, 15) is 4.79 Å². The van der Waals surface area contributed by atoms with Crippen molar-refractivity contribution in [3.63, 3.8) is 0 Å². The van der Waals surface area contributed by atoms with E-state index in [0.29, 0.717) is 6.54 Å². The van der Waals surface area contributed by atoms with Crippen LogP contribution in [0.25, 0.3) is 10.8 Å². The van der Waals surface area contributed by atoms with E-state index in [4.69, 9.17) is 5.11 Å². The van der Waals surface area contributed by atoms with Crippen LogP contribution in [0, 0.1) is 5.92 Å². The highest BCUT2D eigenvalue weighted by Crippen LogP contribution is 2.15. The summed E-state index contributed by atoms with van der Waals surface area (Å²) in [5.41, 5.74) is 1.33. The van der Waals surface area contributed by atoms with Crippen LogP contribution in [0.5, 0.6) is 0 Å². The summed E-state index contributed by atoms with van der Waals surface area (Å²) in [6, 6.07) is 14.3. The third kappa shape index (κ3) is 3.60. The first-order valence-corrected chi connectivity index (χ1v) is 6.73. The maximum atomic E-state index is 11.1. The van der Waals surface area contributed by atoms with Gasteiger partial charge in [0.05, 0.1) is 0 Å². The van der Waals surface area contributed by atoms with E-state index in [1.165, 1.54) is 5.39 Å². The first-order valence-electron chi connectivity index (χ1n) is 6.73. The molecule has 0 aliphatic heterocycles. The van der Waals surface area contributed by atoms with Crippen LogP contribution in [-0.2, 0) is 11.3 Å². The molecule has 0 saturated heterocycles. The highest BCUT2D eigenvalue weighted by atomic mass is 16.4. The molecule has 0 aliphatic rings. The van der Waals surface area contributed by atoms with Crippen LogP contribution in [0.4, 0.5) is 0 Å². The number of rotatable bonds is 5. The maximum absolute atomic E-state index is 11.1. The molecule has 0 atom stereocenters. The van der Waals surface area contributed by atoms with Gasteiger partial charge in [-0.15, -0.1) is 0 Å². The smallest absolute Gasteiger partial charge is 0.351 e. The quantitative estimate of drug-likeness (QED) is 0.816. The molecule has 0 saturated carbocycles. The summed E-state index contributed by atoms with van der Waals surface area (Å²) in [6.07, 6.45) is 1.73. The lowest BCUT2D eigenvalue weighted by molar-refractivity contribution is -0.133. The molecular formula is C17H19NO2. The SMILES string of the molecule is CC(C)C=C(NCc1ccc2ccccc2c1)C(=O)O. The molecule has 3 heteroatoms. The van der Waals surface area contributed by atoms with Crippen molar-refractivity contribution in [2.45, 2.75) is 20.4 Å². The van der Waals surface area contributed by atoms with E-state index < -0.39 is 5.97 Å². The number of carbonyl (C=O) groups is 1. The minimum atomic E-state index is -0.917. The molecule has 3 nitrogen and oxygen atoms in total. The molecule has 0 heterocycles. The van der Waals surface area contributed by atoms with Gasteiger partial charge in [0.1, 0.15) is 5.70 Å². The Morgan fingerprint density at radius 2 is 1.90 bits per heavy atom. The minimum absolute atomic E-state index is 0.199. The standard InChI is InChI=1S/C17H19NO2/c1-12(2)9-16(17(19)20)18-11-13-7-8-14-5-3-4-6-15(14)10-13/h3-10,12,18H,11H2,1-2H3,(H,19,20).